The molecule has 1 aliphatic heterocycles. The summed E-state index contributed by atoms with van der Waals surface area (Å²) >= 11 is 1.22. The summed E-state index contributed by atoms with van der Waals surface area (Å²) in [7, 11) is 1.49. The molecule has 3 rings (SSSR count). The van der Waals surface area contributed by atoms with Crippen molar-refractivity contribution in [2.24, 2.45) is 0 Å². The highest BCUT2D eigenvalue weighted by Crippen LogP contribution is 2.31. The van der Waals surface area contributed by atoms with Gasteiger partial charge in [-0.25, -0.2) is 14.8 Å². The van der Waals surface area contributed by atoms with Gasteiger partial charge in [-0.2, -0.15) is 13.2 Å². The van der Waals surface area contributed by atoms with Gasteiger partial charge >= 0.3 is 12.1 Å². The standard InChI is InChI=1S/C19H24F3N5O4S/c1-5-31-17(29)13-9(2)24-18(32-13)27-7-6-11(12(8-27)30-4)25-16(28)15-23-10(3)14(26-15)19(20,21)22/h11-12H,5-8H2,1-4H3,(H,23,26)(H,25,28). The molecule has 13 heteroatoms. The van der Waals surface area contributed by atoms with Gasteiger partial charge in [-0.3, -0.25) is 4.79 Å². The SMILES string of the molecule is CCOC(=O)c1sc(N2CCC(NC(=O)c3nc(C(F)(F)F)c(C)[nH]3)C(OC)C2)nc1C. The van der Waals surface area contributed by atoms with Gasteiger partial charge in [0.05, 0.1) is 24.4 Å². The number of amides is 1. The molecule has 0 bridgehead atoms. The number of alkyl halides is 3. The van der Waals surface area contributed by atoms with E-state index in [4.69, 9.17) is 9.47 Å². The number of ether oxygens (including phenoxy) is 2. The summed E-state index contributed by atoms with van der Waals surface area (Å²) in [4.78, 5) is 37.2. The van der Waals surface area contributed by atoms with Crippen molar-refractivity contribution in [3.63, 3.8) is 0 Å². The topological polar surface area (TPSA) is 109 Å². The quantitative estimate of drug-likeness (QED) is 0.619. The smallest absolute Gasteiger partial charge is 0.435 e. The lowest BCUT2D eigenvalue weighted by molar-refractivity contribution is -0.141. The molecule has 3 heterocycles. The van der Waals surface area contributed by atoms with E-state index in [1.54, 1.807) is 13.8 Å². The van der Waals surface area contributed by atoms with Crippen LogP contribution >= 0.6 is 11.3 Å². The first-order chi connectivity index (χ1) is 15.0. The number of rotatable bonds is 6. The van der Waals surface area contributed by atoms with Gasteiger partial charge in [-0.15, -0.1) is 0 Å². The summed E-state index contributed by atoms with van der Waals surface area (Å²) in [6.07, 6.45) is -4.63. The molecule has 2 atom stereocenters. The van der Waals surface area contributed by atoms with Crippen molar-refractivity contribution >= 4 is 28.3 Å². The van der Waals surface area contributed by atoms with Crippen LogP contribution < -0.4 is 10.2 Å². The number of hydrogen-bond donors (Lipinski definition) is 2. The molecule has 0 radical (unpaired) electrons. The molecule has 2 aromatic heterocycles. The Balaban J connectivity index is 1.68. The second kappa shape index (κ2) is 9.45. The molecule has 0 saturated carbocycles. The number of imidazole rings is 1. The van der Waals surface area contributed by atoms with E-state index in [0.717, 1.165) is 0 Å². The summed E-state index contributed by atoms with van der Waals surface area (Å²) in [5.74, 6) is -1.56. The number of nitrogens with zero attached hydrogens (tertiary/aromatic N) is 3. The number of H-pyrrole nitrogens is 1. The first-order valence-corrected chi connectivity index (χ1v) is 10.7. The molecular weight excluding hydrogens is 451 g/mol. The Morgan fingerprint density at radius 3 is 2.62 bits per heavy atom. The lowest BCUT2D eigenvalue weighted by atomic mass is 10.0. The Labute approximate surface area is 186 Å². The van der Waals surface area contributed by atoms with Crippen LogP contribution in [0.1, 0.15) is 50.7 Å². The van der Waals surface area contributed by atoms with Gasteiger partial charge in [-0.1, -0.05) is 11.3 Å². The third-order valence-corrected chi connectivity index (χ3v) is 6.26. The van der Waals surface area contributed by atoms with Crippen molar-refractivity contribution in [2.45, 2.75) is 45.5 Å². The van der Waals surface area contributed by atoms with Crippen molar-refractivity contribution in [3.8, 4) is 0 Å². The summed E-state index contributed by atoms with van der Waals surface area (Å²) < 4.78 is 49.4. The molecule has 1 fully saturated rings. The zero-order chi connectivity index (χ0) is 23.6. The number of carbonyl (C=O) groups excluding carboxylic acids is 2. The molecule has 2 aromatic rings. The largest absolute Gasteiger partial charge is 0.462 e. The van der Waals surface area contributed by atoms with Gasteiger partial charge in [-0.05, 0) is 27.2 Å². The van der Waals surface area contributed by atoms with Crippen molar-refractivity contribution in [2.75, 3.05) is 31.7 Å². The molecule has 1 saturated heterocycles. The maximum absolute atomic E-state index is 13.0. The Hall–Kier alpha value is -2.67. The maximum atomic E-state index is 13.0. The number of carbonyl (C=O) groups is 2. The van der Waals surface area contributed by atoms with E-state index in [9.17, 15) is 22.8 Å². The van der Waals surface area contributed by atoms with E-state index < -0.39 is 41.7 Å². The number of aromatic amines is 1. The number of nitrogens with one attached hydrogen (secondary N) is 2. The predicted octanol–water partition coefficient (Wildman–Crippen LogP) is 2.70. The Bertz CT molecular complexity index is 990. The zero-order valence-electron chi connectivity index (χ0n) is 18.0. The van der Waals surface area contributed by atoms with Crippen LogP contribution in [-0.4, -0.2) is 65.8 Å². The molecule has 0 aliphatic carbocycles. The maximum Gasteiger partial charge on any atom is 0.435 e. The lowest BCUT2D eigenvalue weighted by Gasteiger charge is -2.37. The zero-order valence-corrected chi connectivity index (χ0v) is 18.8. The fourth-order valence-electron chi connectivity index (χ4n) is 3.48. The van der Waals surface area contributed by atoms with Gasteiger partial charge in [0.1, 0.15) is 4.88 Å². The van der Waals surface area contributed by atoms with Crippen LogP contribution in [0.25, 0.3) is 0 Å². The normalized spacial score (nSPS) is 19.2. The second-order valence-electron chi connectivity index (χ2n) is 7.28. The van der Waals surface area contributed by atoms with E-state index in [-0.39, 0.29) is 12.3 Å². The van der Waals surface area contributed by atoms with Crippen LogP contribution in [0.3, 0.4) is 0 Å². The minimum absolute atomic E-state index is 0.225. The average molecular weight is 475 g/mol. The molecule has 2 N–H and O–H groups in total. The van der Waals surface area contributed by atoms with E-state index in [2.05, 4.69) is 20.3 Å². The first kappa shape index (κ1) is 24.0. The summed E-state index contributed by atoms with van der Waals surface area (Å²) in [5.41, 5.74) is -0.767. The molecule has 32 heavy (non-hydrogen) atoms. The van der Waals surface area contributed by atoms with E-state index in [1.165, 1.54) is 25.4 Å². The predicted molar refractivity (Wildman–Crippen MR) is 110 cm³/mol. The monoisotopic (exact) mass is 475 g/mol. The van der Waals surface area contributed by atoms with Crippen LogP contribution in [0.4, 0.5) is 18.3 Å². The van der Waals surface area contributed by atoms with Gasteiger partial charge in [0.2, 0.25) is 0 Å². The van der Waals surface area contributed by atoms with Crippen molar-refractivity contribution in [3.05, 3.63) is 27.8 Å². The first-order valence-electron chi connectivity index (χ1n) is 9.92. The molecule has 2 unspecified atom stereocenters. The average Bonchev–Trinajstić information content (AvgIpc) is 3.31. The van der Waals surface area contributed by atoms with Crippen molar-refractivity contribution in [1.29, 1.82) is 0 Å². The van der Waals surface area contributed by atoms with E-state index >= 15 is 0 Å². The van der Waals surface area contributed by atoms with E-state index in [1.807, 2.05) is 4.90 Å². The van der Waals surface area contributed by atoms with Crippen LogP contribution in [0.15, 0.2) is 0 Å². The van der Waals surface area contributed by atoms with Crippen molar-refractivity contribution < 1.29 is 32.2 Å². The minimum Gasteiger partial charge on any atom is -0.462 e. The van der Waals surface area contributed by atoms with Crippen LogP contribution in [0, 0.1) is 13.8 Å². The number of piperidine rings is 1. The van der Waals surface area contributed by atoms with E-state index in [0.29, 0.717) is 35.2 Å². The molecular formula is C19H24F3N5O4S. The number of esters is 1. The summed E-state index contributed by atoms with van der Waals surface area (Å²) in [5, 5.41) is 3.34. The minimum atomic E-state index is -4.65. The highest BCUT2D eigenvalue weighted by atomic mass is 32.1. The number of aryl methyl sites for hydroxylation is 2. The third kappa shape index (κ3) is 5.04. The summed E-state index contributed by atoms with van der Waals surface area (Å²) in [6.45, 7) is 5.82. The fourth-order valence-corrected chi connectivity index (χ4v) is 4.47. The van der Waals surface area contributed by atoms with Crippen LogP contribution in [-0.2, 0) is 15.7 Å². The van der Waals surface area contributed by atoms with Gasteiger partial charge < -0.3 is 24.7 Å². The number of halogens is 3. The lowest BCUT2D eigenvalue weighted by Crippen LogP contribution is -2.55. The molecule has 9 nitrogen and oxygen atoms in total. The number of thiazole rings is 1. The molecule has 176 valence electrons. The third-order valence-electron chi connectivity index (χ3n) is 5.06. The van der Waals surface area contributed by atoms with Gasteiger partial charge in [0.25, 0.3) is 5.91 Å². The van der Waals surface area contributed by atoms with Gasteiger partial charge in [0.15, 0.2) is 16.6 Å². The fraction of sp³-hybridized carbons (Fsp3) is 0.579. The van der Waals surface area contributed by atoms with Crippen molar-refractivity contribution in [1.82, 2.24) is 20.3 Å². The number of hydrogen-bond acceptors (Lipinski definition) is 8. The molecule has 1 amide bonds. The number of methoxy groups -OCH3 is 1. The second-order valence-corrected chi connectivity index (χ2v) is 8.25. The number of aromatic nitrogens is 3. The highest BCUT2D eigenvalue weighted by molar-refractivity contribution is 7.17. The Morgan fingerprint density at radius 2 is 2.03 bits per heavy atom. The summed E-state index contributed by atoms with van der Waals surface area (Å²) in [6, 6.07) is -0.436. The van der Waals surface area contributed by atoms with Gasteiger partial charge in [0, 0.05) is 25.9 Å². The molecule has 1 aliphatic rings. The Kier molecular flexibility index (Phi) is 7.08. The van der Waals surface area contributed by atoms with Crippen LogP contribution in [0.5, 0.6) is 0 Å². The molecule has 0 spiro atoms. The number of anilines is 1. The molecule has 0 aromatic carbocycles. The Morgan fingerprint density at radius 1 is 1.31 bits per heavy atom. The highest BCUT2D eigenvalue weighted by Gasteiger charge is 2.38. The van der Waals surface area contributed by atoms with Crippen LogP contribution in [0.2, 0.25) is 0 Å².